The quantitative estimate of drug-likeness (QED) is 0.569. The average Bonchev–Trinajstić information content (AvgIpc) is 3.41. The van der Waals surface area contributed by atoms with Gasteiger partial charge in [0.15, 0.2) is 0 Å². The van der Waals surface area contributed by atoms with Gasteiger partial charge in [0.1, 0.15) is 17.4 Å². The van der Waals surface area contributed by atoms with Crippen molar-refractivity contribution in [1.29, 1.82) is 0 Å². The van der Waals surface area contributed by atoms with E-state index in [-0.39, 0.29) is 12.5 Å². The van der Waals surface area contributed by atoms with Crippen molar-refractivity contribution in [2.24, 2.45) is 0 Å². The Balaban J connectivity index is 1.41. The smallest absolute Gasteiger partial charge is 0.338 e. The van der Waals surface area contributed by atoms with Crippen LogP contribution in [0.25, 0.3) is 10.6 Å². The third-order valence-electron chi connectivity index (χ3n) is 4.69. The minimum atomic E-state index is -0.436. The molecule has 0 saturated carbocycles. The number of thiazole rings is 1. The molecule has 148 valence electrons. The number of aromatic nitrogens is 1. The van der Waals surface area contributed by atoms with Gasteiger partial charge in [-0.05, 0) is 36.8 Å². The first-order valence-electron chi connectivity index (χ1n) is 9.30. The highest BCUT2D eigenvalue weighted by atomic mass is 32.1. The molecule has 4 rings (SSSR count). The fourth-order valence-corrected chi connectivity index (χ4v) is 4.01. The molecule has 1 aromatic heterocycles. The molecule has 2 heterocycles. The first-order valence-corrected chi connectivity index (χ1v) is 10.2. The molecular formula is C22H20N2O4S. The molecule has 7 heteroatoms. The summed E-state index contributed by atoms with van der Waals surface area (Å²) in [6, 6.07) is 14.7. The number of ether oxygens (including phenoxy) is 2. The number of anilines is 1. The van der Waals surface area contributed by atoms with Crippen molar-refractivity contribution >= 4 is 28.9 Å². The van der Waals surface area contributed by atoms with Crippen LogP contribution >= 0.6 is 11.3 Å². The van der Waals surface area contributed by atoms with Crippen molar-refractivity contribution in [1.82, 2.24) is 4.98 Å². The lowest BCUT2D eigenvalue weighted by molar-refractivity contribution is -0.117. The van der Waals surface area contributed by atoms with Crippen molar-refractivity contribution in [2.75, 3.05) is 18.6 Å². The Bertz CT molecular complexity index is 1050. The van der Waals surface area contributed by atoms with Crippen molar-refractivity contribution in [2.45, 2.75) is 19.4 Å². The number of nitrogens with zero attached hydrogens (tertiary/aromatic N) is 2. The van der Waals surface area contributed by atoms with E-state index in [9.17, 15) is 9.59 Å². The molecule has 0 aliphatic carbocycles. The van der Waals surface area contributed by atoms with E-state index in [2.05, 4.69) is 4.98 Å². The van der Waals surface area contributed by atoms with Crippen LogP contribution in [-0.2, 0) is 16.1 Å². The molecule has 1 fully saturated rings. The summed E-state index contributed by atoms with van der Waals surface area (Å²) in [5.74, 6) is 0.416. The summed E-state index contributed by atoms with van der Waals surface area (Å²) in [5.41, 5.74) is 2.79. The maximum absolute atomic E-state index is 12.5. The van der Waals surface area contributed by atoms with Crippen LogP contribution in [-0.4, -0.2) is 30.5 Å². The minimum Gasteiger partial charge on any atom is -0.497 e. The average molecular weight is 408 g/mol. The van der Waals surface area contributed by atoms with Gasteiger partial charge >= 0.3 is 5.97 Å². The van der Waals surface area contributed by atoms with E-state index in [1.165, 1.54) is 11.3 Å². The fraction of sp³-hybridized carbons (Fsp3) is 0.227. The lowest BCUT2D eigenvalue weighted by atomic mass is 10.2. The molecule has 1 saturated heterocycles. The maximum atomic E-state index is 12.5. The van der Waals surface area contributed by atoms with Crippen LogP contribution in [0.2, 0.25) is 0 Å². The number of benzene rings is 2. The van der Waals surface area contributed by atoms with E-state index in [1.54, 1.807) is 30.2 Å². The highest BCUT2D eigenvalue weighted by Crippen LogP contribution is 2.27. The Kier molecular flexibility index (Phi) is 5.57. The second kappa shape index (κ2) is 8.45. The lowest BCUT2D eigenvalue weighted by Crippen LogP contribution is -2.23. The number of carbonyl (C=O) groups excluding carboxylic acids is 2. The molecule has 0 atom stereocenters. The van der Waals surface area contributed by atoms with E-state index < -0.39 is 5.97 Å². The van der Waals surface area contributed by atoms with Gasteiger partial charge in [0, 0.05) is 29.6 Å². The summed E-state index contributed by atoms with van der Waals surface area (Å²) in [5, 5.41) is 2.71. The first-order chi connectivity index (χ1) is 14.1. The Morgan fingerprint density at radius 1 is 1.21 bits per heavy atom. The van der Waals surface area contributed by atoms with Crippen LogP contribution in [0.1, 0.15) is 28.9 Å². The number of hydrogen-bond donors (Lipinski definition) is 0. The van der Waals surface area contributed by atoms with E-state index in [1.807, 2.05) is 35.7 Å². The van der Waals surface area contributed by atoms with Crippen LogP contribution in [0.5, 0.6) is 5.75 Å². The SMILES string of the molecule is COc1cccc(-c2nc(COC(=O)c3cccc(N4CCCC4=O)c3)cs2)c1. The molecule has 2 aromatic carbocycles. The van der Waals surface area contributed by atoms with Gasteiger partial charge in [0.05, 0.1) is 18.4 Å². The third-order valence-corrected chi connectivity index (χ3v) is 5.63. The zero-order chi connectivity index (χ0) is 20.2. The minimum absolute atomic E-state index is 0.0862. The number of carbonyl (C=O) groups is 2. The summed E-state index contributed by atoms with van der Waals surface area (Å²) in [4.78, 5) is 30.6. The normalized spacial score (nSPS) is 13.6. The van der Waals surface area contributed by atoms with Crippen LogP contribution in [0.4, 0.5) is 5.69 Å². The summed E-state index contributed by atoms with van der Waals surface area (Å²) < 4.78 is 10.7. The molecule has 0 bridgehead atoms. The number of amides is 1. The molecule has 1 aliphatic rings. The number of esters is 1. The monoisotopic (exact) mass is 408 g/mol. The van der Waals surface area contributed by atoms with E-state index in [4.69, 9.17) is 9.47 Å². The lowest BCUT2D eigenvalue weighted by Gasteiger charge is -2.16. The zero-order valence-corrected chi connectivity index (χ0v) is 16.8. The van der Waals surface area contributed by atoms with Gasteiger partial charge in [-0.25, -0.2) is 9.78 Å². The van der Waals surface area contributed by atoms with Gasteiger partial charge in [-0.3, -0.25) is 4.79 Å². The van der Waals surface area contributed by atoms with Gasteiger partial charge in [0.2, 0.25) is 5.91 Å². The van der Waals surface area contributed by atoms with Gasteiger partial charge in [-0.1, -0.05) is 18.2 Å². The van der Waals surface area contributed by atoms with Gasteiger partial charge in [-0.2, -0.15) is 0 Å². The number of hydrogen-bond acceptors (Lipinski definition) is 6. The van der Waals surface area contributed by atoms with Crippen LogP contribution in [0.3, 0.4) is 0 Å². The Morgan fingerprint density at radius 3 is 2.86 bits per heavy atom. The number of methoxy groups -OCH3 is 1. The zero-order valence-electron chi connectivity index (χ0n) is 16.0. The molecule has 3 aromatic rings. The molecule has 29 heavy (non-hydrogen) atoms. The highest BCUT2D eigenvalue weighted by molar-refractivity contribution is 7.13. The van der Waals surface area contributed by atoms with Crippen molar-refractivity contribution in [3.05, 3.63) is 65.2 Å². The van der Waals surface area contributed by atoms with E-state index in [0.717, 1.165) is 28.4 Å². The molecule has 1 aliphatic heterocycles. The van der Waals surface area contributed by atoms with Crippen molar-refractivity contribution in [3.8, 4) is 16.3 Å². The van der Waals surface area contributed by atoms with Gasteiger partial charge in [0.25, 0.3) is 0 Å². The van der Waals surface area contributed by atoms with Crippen LogP contribution in [0, 0.1) is 0 Å². The summed E-state index contributed by atoms with van der Waals surface area (Å²) in [7, 11) is 1.63. The summed E-state index contributed by atoms with van der Waals surface area (Å²) in [6.07, 6.45) is 1.39. The predicted molar refractivity (Wildman–Crippen MR) is 111 cm³/mol. The van der Waals surface area contributed by atoms with E-state index in [0.29, 0.717) is 24.2 Å². The second-order valence-corrected chi connectivity index (χ2v) is 7.51. The second-order valence-electron chi connectivity index (χ2n) is 6.65. The molecule has 0 unspecified atom stereocenters. The largest absolute Gasteiger partial charge is 0.497 e. The Labute approximate surface area is 172 Å². The Hall–Kier alpha value is -3.19. The standard InChI is InChI=1S/C22H20N2O4S/c1-27-19-8-3-5-15(12-19)21-23-17(14-29-21)13-28-22(26)16-6-2-7-18(11-16)24-10-4-9-20(24)25/h2-3,5-8,11-12,14H,4,9-10,13H2,1H3. The third kappa shape index (κ3) is 4.30. The van der Waals surface area contributed by atoms with Crippen LogP contribution in [0.15, 0.2) is 53.9 Å². The molecular weight excluding hydrogens is 388 g/mol. The van der Waals surface area contributed by atoms with Gasteiger partial charge in [-0.15, -0.1) is 11.3 Å². The maximum Gasteiger partial charge on any atom is 0.338 e. The molecule has 6 nitrogen and oxygen atoms in total. The first kappa shape index (κ1) is 19.1. The molecule has 0 spiro atoms. The summed E-state index contributed by atoms with van der Waals surface area (Å²) in [6.45, 7) is 0.773. The molecule has 1 amide bonds. The predicted octanol–water partition coefficient (Wildman–Crippen LogP) is 4.30. The Morgan fingerprint density at radius 2 is 2.07 bits per heavy atom. The highest BCUT2D eigenvalue weighted by Gasteiger charge is 2.22. The van der Waals surface area contributed by atoms with Crippen LogP contribution < -0.4 is 9.64 Å². The summed E-state index contributed by atoms with van der Waals surface area (Å²) >= 11 is 1.49. The van der Waals surface area contributed by atoms with E-state index >= 15 is 0 Å². The number of rotatable bonds is 6. The van der Waals surface area contributed by atoms with Crippen molar-refractivity contribution < 1.29 is 19.1 Å². The van der Waals surface area contributed by atoms with Crippen molar-refractivity contribution in [3.63, 3.8) is 0 Å². The molecule has 0 N–H and O–H groups in total. The fourth-order valence-electron chi connectivity index (χ4n) is 3.21. The van der Waals surface area contributed by atoms with Gasteiger partial charge < -0.3 is 14.4 Å². The topological polar surface area (TPSA) is 68.7 Å². The molecule has 0 radical (unpaired) electrons.